The summed E-state index contributed by atoms with van der Waals surface area (Å²) in [6, 6.07) is -0.259. The highest BCUT2D eigenvalue weighted by atomic mass is 32.2. The number of rotatable bonds is 2. The van der Waals surface area contributed by atoms with Gasteiger partial charge in [0.25, 0.3) is 0 Å². The van der Waals surface area contributed by atoms with Gasteiger partial charge in [0, 0.05) is 6.04 Å². The molecule has 1 fully saturated rings. The van der Waals surface area contributed by atoms with Crippen LogP contribution in [0.2, 0.25) is 0 Å². The molecule has 0 aromatic heterocycles. The summed E-state index contributed by atoms with van der Waals surface area (Å²) in [4.78, 5) is 0. The van der Waals surface area contributed by atoms with Gasteiger partial charge >= 0.3 is 0 Å². The Labute approximate surface area is 66.5 Å². The first-order valence-corrected chi connectivity index (χ1v) is 5.49. The van der Waals surface area contributed by atoms with E-state index >= 15 is 0 Å². The van der Waals surface area contributed by atoms with Crippen LogP contribution in [0.1, 0.15) is 6.92 Å². The molecule has 0 aliphatic carbocycles. The molecule has 0 unspecified atom stereocenters. The lowest BCUT2D eigenvalue weighted by molar-refractivity contribution is 0.167. The summed E-state index contributed by atoms with van der Waals surface area (Å²) < 4.78 is 21.9. The highest BCUT2D eigenvalue weighted by Gasteiger charge is 2.35. The van der Waals surface area contributed by atoms with E-state index in [9.17, 15) is 13.5 Å². The van der Waals surface area contributed by atoms with Gasteiger partial charge in [-0.2, -0.15) is 0 Å². The fourth-order valence-electron chi connectivity index (χ4n) is 1.29. The second-order valence-electron chi connectivity index (χ2n) is 2.81. The van der Waals surface area contributed by atoms with Crippen molar-refractivity contribution >= 4 is 9.84 Å². The Morgan fingerprint density at radius 1 is 1.55 bits per heavy atom. The van der Waals surface area contributed by atoms with E-state index in [0.717, 1.165) is 0 Å². The summed E-state index contributed by atoms with van der Waals surface area (Å²) in [7, 11) is -2.98. The Kier molecular flexibility index (Phi) is 2.51. The van der Waals surface area contributed by atoms with Gasteiger partial charge in [0.1, 0.15) is 0 Å². The van der Waals surface area contributed by atoms with Crippen molar-refractivity contribution < 1.29 is 13.5 Å². The predicted octanol–water partition coefficient (Wildman–Crippen LogP) is -1.25. The van der Waals surface area contributed by atoms with Gasteiger partial charge < -0.3 is 10.4 Å². The molecule has 1 aliphatic rings. The van der Waals surface area contributed by atoms with E-state index in [1.807, 2.05) is 6.92 Å². The summed E-state index contributed by atoms with van der Waals surface area (Å²) >= 11 is 0. The molecule has 0 bridgehead atoms. The highest BCUT2D eigenvalue weighted by Crippen LogP contribution is 2.11. The summed E-state index contributed by atoms with van der Waals surface area (Å²) in [6.45, 7) is 2.58. The van der Waals surface area contributed by atoms with Gasteiger partial charge in [-0.25, -0.2) is 8.42 Å². The van der Waals surface area contributed by atoms with Crippen LogP contribution in [0.4, 0.5) is 0 Å². The van der Waals surface area contributed by atoms with Crippen LogP contribution in [-0.4, -0.2) is 43.7 Å². The van der Waals surface area contributed by atoms with Crippen molar-refractivity contribution in [2.75, 3.05) is 18.1 Å². The number of aliphatic hydroxyl groups excluding tert-OH is 1. The summed E-state index contributed by atoms with van der Waals surface area (Å²) in [5.74, 6) is -0.0212. The Morgan fingerprint density at radius 2 is 2.18 bits per heavy atom. The smallest absolute Gasteiger partial charge is 0.154 e. The second kappa shape index (κ2) is 3.08. The molecule has 0 saturated carbocycles. The molecule has 1 heterocycles. The monoisotopic (exact) mass is 179 g/mol. The largest absolute Gasteiger partial charge is 0.390 e. The molecule has 0 radical (unpaired) electrons. The number of aliphatic hydroxyl groups is 1. The lowest BCUT2D eigenvalue weighted by Crippen LogP contribution is -2.38. The van der Waals surface area contributed by atoms with E-state index < -0.39 is 15.9 Å². The molecule has 5 heteroatoms. The lowest BCUT2D eigenvalue weighted by Gasteiger charge is -2.11. The fraction of sp³-hybridized carbons (Fsp3) is 1.00. The molecule has 1 saturated heterocycles. The third kappa shape index (κ3) is 2.15. The van der Waals surface area contributed by atoms with Crippen LogP contribution in [0.3, 0.4) is 0 Å². The molecule has 2 N–H and O–H groups in total. The molecule has 0 aromatic carbocycles. The lowest BCUT2D eigenvalue weighted by atomic mass is 10.2. The van der Waals surface area contributed by atoms with Crippen LogP contribution in [0.15, 0.2) is 0 Å². The topological polar surface area (TPSA) is 66.4 Å². The van der Waals surface area contributed by atoms with Gasteiger partial charge in [0.15, 0.2) is 9.84 Å². The van der Waals surface area contributed by atoms with Gasteiger partial charge in [0.05, 0.1) is 17.6 Å². The van der Waals surface area contributed by atoms with Crippen molar-refractivity contribution in [2.45, 2.75) is 19.1 Å². The number of nitrogens with one attached hydrogen (secondary N) is 1. The van der Waals surface area contributed by atoms with E-state index in [1.54, 1.807) is 0 Å². The molecule has 4 nitrogen and oxygen atoms in total. The molecule has 2 atom stereocenters. The Balaban J connectivity index is 2.59. The minimum atomic E-state index is -2.98. The summed E-state index contributed by atoms with van der Waals surface area (Å²) in [5.41, 5.74) is 0. The van der Waals surface area contributed by atoms with E-state index in [-0.39, 0.29) is 17.5 Å². The number of hydrogen-bond acceptors (Lipinski definition) is 4. The first-order valence-electron chi connectivity index (χ1n) is 3.67. The number of hydrogen-bond donors (Lipinski definition) is 2. The zero-order chi connectivity index (χ0) is 8.48. The maximum atomic E-state index is 10.9. The quantitative estimate of drug-likeness (QED) is 0.556. The molecule has 1 rings (SSSR count). The third-order valence-corrected chi connectivity index (χ3v) is 3.51. The van der Waals surface area contributed by atoms with E-state index in [2.05, 4.69) is 5.32 Å². The maximum absolute atomic E-state index is 10.9. The molecule has 0 spiro atoms. The first-order chi connectivity index (χ1) is 5.05. The molecule has 1 aliphatic heterocycles. The zero-order valence-electron chi connectivity index (χ0n) is 6.45. The Hall–Kier alpha value is -0.130. The van der Waals surface area contributed by atoms with Crippen molar-refractivity contribution in [3.8, 4) is 0 Å². The number of sulfone groups is 1. The first kappa shape index (κ1) is 8.96. The molecule has 0 aromatic rings. The fourth-order valence-corrected chi connectivity index (χ4v) is 3.06. The van der Waals surface area contributed by atoms with E-state index in [4.69, 9.17) is 0 Å². The highest BCUT2D eigenvalue weighted by molar-refractivity contribution is 7.91. The molecule has 66 valence electrons. The molecule has 0 amide bonds. The van der Waals surface area contributed by atoms with Crippen molar-refractivity contribution in [3.63, 3.8) is 0 Å². The standard InChI is InChI=1S/C6H13NO3S/c1-2-7-5-3-11(9,10)4-6(5)8/h5-8H,2-4H2,1H3/t5-,6-/m1/s1. The van der Waals surface area contributed by atoms with Crippen LogP contribution in [0.5, 0.6) is 0 Å². The molecular formula is C6H13NO3S. The predicted molar refractivity (Wildman–Crippen MR) is 42.1 cm³/mol. The summed E-state index contributed by atoms with van der Waals surface area (Å²) in [6.07, 6.45) is -0.722. The van der Waals surface area contributed by atoms with Crippen molar-refractivity contribution in [1.82, 2.24) is 5.32 Å². The average Bonchev–Trinajstić information content (AvgIpc) is 2.07. The van der Waals surface area contributed by atoms with Crippen LogP contribution in [0.25, 0.3) is 0 Å². The SMILES string of the molecule is CCN[C@@H]1CS(=O)(=O)C[C@H]1O. The van der Waals surface area contributed by atoms with Crippen molar-refractivity contribution in [2.24, 2.45) is 0 Å². The van der Waals surface area contributed by atoms with Crippen molar-refractivity contribution in [1.29, 1.82) is 0 Å². The van der Waals surface area contributed by atoms with E-state index in [1.165, 1.54) is 0 Å². The van der Waals surface area contributed by atoms with Crippen LogP contribution in [0, 0.1) is 0 Å². The minimum absolute atomic E-state index is 0.0714. The zero-order valence-corrected chi connectivity index (χ0v) is 7.26. The minimum Gasteiger partial charge on any atom is -0.390 e. The van der Waals surface area contributed by atoms with Gasteiger partial charge in [-0.1, -0.05) is 6.92 Å². The van der Waals surface area contributed by atoms with Crippen LogP contribution >= 0.6 is 0 Å². The summed E-state index contributed by atoms with van der Waals surface area (Å²) in [5, 5.41) is 12.1. The normalized spacial score (nSPS) is 35.8. The van der Waals surface area contributed by atoms with Gasteiger partial charge in [-0.05, 0) is 6.54 Å². The average molecular weight is 179 g/mol. The Morgan fingerprint density at radius 3 is 2.55 bits per heavy atom. The maximum Gasteiger partial charge on any atom is 0.154 e. The third-order valence-electron chi connectivity index (χ3n) is 1.79. The molecule has 11 heavy (non-hydrogen) atoms. The van der Waals surface area contributed by atoms with Gasteiger partial charge in [-0.3, -0.25) is 0 Å². The Bertz CT molecular complexity index is 224. The van der Waals surface area contributed by atoms with Crippen molar-refractivity contribution in [3.05, 3.63) is 0 Å². The second-order valence-corrected chi connectivity index (χ2v) is 4.96. The number of likely N-dealkylation sites (N-methyl/N-ethyl adjacent to an activating group) is 1. The van der Waals surface area contributed by atoms with Gasteiger partial charge in [-0.15, -0.1) is 0 Å². The van der Waals surface area contributed by atoms with Crippen LogP contribution in [-0.2, 0) is 9.84 Å². The van der Waals surface area contributed by atoms with Gasteiger partial charge in [0.2, 0.25) is 0 Å². The van der Waals surface area contributed by atoms with E-state index in [0.29, 0.717) is 6.54 Å². The molecular weight excluding hydrogens is 166 g/mol. The van der Waals surface area contributed by atoms with Crippen LogP contribution < -0.4 is 5.32 Å².